The first-order valence-corrected chi connectivity index (χ1v) is 12.3. The Morgan fingerprint density at radius 3 is 2.16 bits per heavy atom. The van der Waals surface area contributed by atoms with Crippen molar-refractivity contribution in [1.29, 1.82) is 0 Å². The van der Waals surface area contributed by atoms with Gasteiger partial charge in [0.05, 0.1) is 43.3 Å². The highest BCUT2D eigenvalue weighted by Gasteiger charge is 2.31. The normalized spacial score (nSPS) is 11.5. The highest BCUT2D eigenvalue weighted by molar-refractivity contribution is 14.1. The van der Waals surface area contributed by atoms with Crippen molar-refractivity contribution >= 4 is 97.2 Å². The number of hydrogen-bond donors (Lipinski definition) is 5. The second kappa shape index (κ2) is 13.8. The molecule has 0 saturated carbocycles. The summed E-state index contributed by atoms with van der Waals surface area (Å²) in [4.78, 5) is 50.3. The van der Waals surface area contributed by atoms with E-state index < -0.39 is 49.6 Å². The Morgan fingerprint density at radius 1 is 1.06 bits per heavy atom. The second-order valence-electron chi connectivity index (χ2n) is 6.29. The number of ether oxygens (including phenoxy) is 1. The monoisotopic (exact) mass is 789 g/mol. The molecule has 0 radical (unpaired) electrons. The number of aliphatic hydroxyl groups excluding tert-OH is 3. The number of carbonyl (C=O) groups is 4. The molecule has 0 saturated heterocycles. The van der Waals surface area contributed by atoms with E-state index >= 15 is 0 Å². The molecule has 32 heavy (non-hydrogen) atoms. The van der Waals surface area contributed by atoms with E-state index in [2.05, 4.69) is 10.6 Å². The summed E-state index contributed by atoms with van der Waals surface area (Å²) in [7, 11) is 1.42. The van der Waals surface area contributed by atoms with Crippen LogP contribution in [0.25, 0.3) is 0 Å². The van der Waals surface area contributed by atoms with Gasteiger partial charge < -0.3 is 35.6 Å². The van der Waals surface area contributed by atoms with Crippen molar-refractivity contribution in [2.75, 3.05) is 45.3 Å². The molecule has 1 aromatic carbocycles. The van der Waals surface area contributed by atoms with Gasteiger partial charge in [-0.3, -0.25) is 19.2 Å². The van der Waals surface area contributed by atoms with Crippen molar-refractivity contribution in [3.63, 3.8) is 0 Å². The molecule has 3 amide bonds. The van der Waals surface area contributed by atoms with E-state index in [4.69, 9.17) is 9.84 Å². The molecular formula is C18H22I3N3O8. The molecule has 0 bridgehead atoms. The Balaban J connectivity index is 3.62. The smallest absolute Gasteiger partial charge is 0.303 e. The summed E-state index contributed by atoms with van der Waals surface area (Å²) in [6.45, 7) is -0.754. The van der Waals surface area contributed by atoms with Gasteiger partial charge in [-0.2, -0.15) is 0 Å². The number of nitrogens with zero attached hydrogens (tertiary/aromatic N) is 1. The molecule has 1 aromatic rings. The maximum absolute atomic E-state index is 13.4. The van der Waals surface area contributed by atoms with E-state index in [-0.39, 0.29) is 29.9 Å². The van der Waals surface area contributed by atoms with Crippen LogP contribution in [-0.4, -0.2) is 90.0 Å². The van der Waals surface area contributed by atoms with Gasteiger partial charge in [0.15, 0.2) is 6.61 Å². The first-order chi connectivity index (χ1) is 15.0. The quantitative estimate of drug-likeness (QED) is 0.165. The third-order valence-electron chi connectivity index (χ3n) is 3.95. The van der Waals surface area contributed by atoms with Gasteiger partial charge in [0.2, 0.25) is 0 Å². The average molecular weight is 789 g/mol. The lowest BCUT2D eigenvalue weighted by molar-refractivity contribution is -0.144. The Kier molecular flexibility index (Phi) is 12.6. The van der Waals surface area contributed by atoms with Crippen LogP contribution in [0.5, 0.6) is 0 Å². The molecule has 178 valence electrons. The summed E-state index contributed by atoms with van der Waals surface area (Å²) in [5.74, 6) is -2.42. The number of hydrogen-bond acceptors (Lipinski definition) is 8. The van der Waals surface area contributed by atoms with E-state index in [0.717, 1.165) is 11.8 Å². The Labute approximate surface area is 225 Å². The van der Waals surface area contributed by atoms with Crippen molar-refractivity contribution < 1.29 is 39.2 Å². The lowest BCUT2D eigenvalue weighted by atomic mass is 10.1. The van der Waals surface area contributed by atoms with Crippen LogP contribution >= 0.6 is 67.8 Å². The molecular weight excluding hydrogens is 767 g/mol. The summed E-state index contributed by atoms with van der Waals surface area (Å²) >= 11 is 5.58. The van der Waals surface area contributed by atoms with Gasteiger partial charge in [0.25, 0.3) is 17.7 Å². The van der Waals surface area contributed by atoms with Crippen molar-refractivity contribution in [2.24, 2.45) is 0 Å². The predicted molar refractivity (Wildman–Crippen MR) is 139 cm³/mol. The number of esters is 1. The summed E-state index contributed by atoms with van der Waals surface area (Å²) in [6, 6.07) is 0. The highest BCUT2D eigenvalue weighted by atomic mass is 127. The number of amides is 3. The minimum Gasteiger partial charge on any atom is -0.456 e. The first-order valence-electron chi connectivity index (χ1n) is 9.04. The molecule has 14 heteroatoms. The van der Waals surface area contributed by atoms with E-state index in [1.54, 1.807) is 0 Å². The van der Waals surface area contributed by atoms with Crippen molar-refractivity contribution in [2.45, 2.75) is 13.0 Å². The molecule has 1 atom stereocenters. The van der Waals surface area contributed by atoms with Crippen LogP contribution in [0.1, 0.15) is 27.6 Å². The summed E-state index contributed by atoms with van der Waals surface area (Å²) in [5, 5.41) is 33.4. The van der Waals surface area contributed by atoms with Gasteiger partial charge in [0, 0.05) is 30.6 Å². The summed E-state index contributed by atoms with van der Waals surface area (Å²) in [5.41, 5.74) is 0.399. The Morgan fingerprint density at radius 2 is 1.66 bits per heavy atom. The SMILES string of the molecule is CNC(=O)c1c(I)c(NC(=O)COC(C)=O)c(I)c(C(=O)N(CCO)CC(O)CO)c1I. The topological polar surface area (TPSA) is 165 Å². The van der Waals surface area contributed by atoms with Crippen LogP contribution in [0, 0.1) is 10.7 Å². The van der Waals surface area contributed by atoms with Crippen LogP contribution < -0.4 is 10.6 Å². The molecule has 1 unspecified atom stereocenters. The number of aliphatic hydroxyl groups is 3. The summed E-state index contributed by atoms with van der Waals surface area (Å²) in [6.07, 6.45) is -1.23. The molecule has 0 aliphatic rings. The van der Waals surface area contributed by atoms with Gasteiger partial charge in [-0.1, -0.05) is 0 Å². The minimum absolute atomic E-state index is 0.0755. The number of halogens is 3. The maximum Gasteiger partial charge on any atom is 0.303 e. The van der Waals surface area contributed by atoms with Crippen molar-refractivity contribution in [1.82, 2.24) is 10.2 Å². The number of rotatable bonds is 10. The molecule has 0 spiro atoms. The summed E-state index contributed by atoms with van der Waals surface area (Å²) < 4.78 is 5.68. The fourth-order valence-corrected chi connectivity index (χ4v) is 6.88. The number of benzene rings is 1. The fourth-order valence-electron chi connectivity index (χ4n) is 2.50. The molecule has 11 nitrogen and oxygen atoms in total. The van der Waals surface area contributed by atoms with Crippen LogP contribution in [0.3, 0.4) is 0 Å². The van der Waals surface area contributed by atoms with Gasteiger partial charge in [-0.15, -0.1) is 0 Å². The van der Waals surface area contributed by atoms with Gasteiger partial charge in [0.1, 0.15) is 0 Å². The lowest BCUT2D eigenvalue weighted by Crippen LogP contribution is -2.41. The van der Waals surface area contributed by atoms with Crippen LogP contribution in [-0.2, 0) is 14.3 Å². The molecule has 0 aromatic heterocycles. The third kappa shape index (κ3) is 7.61. The van der Waals surface area contributed by atoms with Crippen molar-refractivity contribution in [3.8, 4) is 0 Å². The van der Waals surface area contributed by atoms with Crippen LogP contribution in [0.4, 0.5) is 5.69 Å². The number of carbonyl (C=O) groups excluding carboxylic acids is 4. The number of nitrogens with one attached hydrogen (secondary N) is 2. The van der Waals surface area contributed by atoms with Crippen molar-refractivity contribution in [3.05, 3.63) is 21.8 Å². The van der Waals surface area contributed by atoms with E-state index in [1.165, 1.54) is 7.05 Å². The highest BCUT2D eigenvalue weighted by Crippen LogP contribution is 2.36. The van der Waals surface area contributed by atoms with Gasteiger partial charge in [-0.25, -0.2) is 0 Å². The zero-order valence-electron chi connectivity index (χ0n) is 17.1. The molecule has 0 heterocycles. The largest absolute Gasteiger partial charge is 0.456 e. The molecule has 0 aliphatic carbocycles. The van der Waals surface area contributed by atoms with Gasteiger partial charge in [-0.05, 0) is 67.8 Å². The Bertz CT molecular complexity index is 897. The van der Waals surface area contributed by atoms with Crippen LogP contribution in [0.15, 0.2) is 0 Å². The molecule has 0 fully saturated rings. The van der Waals surface area contributed by atoms with E-state index in [0.29, 0.717) is 10.7 Å². The van der Waals surface area contributed by atoms with E-state index in [9.17, 15) is 29.4 Å². The second-order valence-corrected chi connectivity index (χ2v) is 9.52. The fraction of sp³-hybridized carbons (Fsp3) is 0.444. The van der Waals surface area contributed by atoms with Crippen LogP contribution in [0.2, 0.25) is 0 Å². The lowest BCUT2D eigenvalue weighted by Gasteiger charge is -2.26. The minimum atomic E-state index is -1.23. The third-order valence-corrected chi connectivity index (χ3v) is 7.19. The molecule has 0 aliphatic heterocycles. The number of anilines is 1. The van der Waals surface area contributed by atoms with Gasteiger partial charge >= 0.3 is 5.97 Å². The standard InChI is InChI=1S/C18H22I3N3O8/c1-8(27)32-7-10(29)23-16-14(20)11(17(30)22-2)13(19)12(15(16)21)18(31)24(3-4-25)5-9(28)6-26/h9,25-26,28H,3-7H2,1-2H3,(H,22,30)(H,23,29). The van der Waals surface area contributed by atoms with E-state index in [1.807, 2.05) is 67.8 Å². The molecule has 1 rings (SSSR count). The maximum atomic E-state index is 13.4. The zero-order valence-corrected chi connectivity index (χ0v) is 23.5. The zero-order chi connectivity index (χ0) is 24.6. The first kappa shape index (κ1) is 29.2. The molecule has 5 N–H and O–H groups in total. The predicted octanol–water partition coefficient (Wildman–Crippen LogP) is 0.149. The Hall–Kier alpha value is -0.830. The average Bonchev–Trinajstić information content (AvgIpc) is 2.74.